The van der Waals surface area contributed by atoms with Crippen molar-refractivity contribution in [2.75, 3.05) is 5.75 Å². The fraction of sp³-hybridized carbons (Fsp3) is 0.545. The average Bonchev–Trinajstić information content (AvgIpc) is 2.55. The molecule has 2 unspecified atom stereocenters. The van der Waals surface area contributed by atoms with Crippen molar-refractivity contribution in [2.24, 2.45) is 5.92 Å². The molecule has 0 aromatic carbocycles. The summed E-state index contributed by atoms with van der Waals surface area (Å²) in [5.74, 6) is -2.26. The van der Waals surface area contributed by atoms with Crippen LogP contribution in [0.1, 0.15) is 19.8 Å². The van der Waals surface area contributed by atoms with E-state index >= 15 is 0 Å². The second kappa shape index (κ2) is 6.51. The van der Waals surface area contributed by atoms with Crippen molar-refractivity contribution >= 4 is 27.7 Å². The van der Waals surface area contributed by atoms with Crippen LogP contribution < -0.4 is 10.6 Å². The van der Waals surface area contributed by atoms with Gasteiger partial charge in [-0.1, -0.05) is 6.92 Å². The molecule has 2 atom stereocenters. The maximum Gasteiger partial charge on any atom is 0.321 e. The molecule has 1 aliphatic heterocycles. The molecule has 1 heterocycles. The lowest BCUT2D eigenvalue weighted by Gasteiger charge is -2.12. The van der Waals surface area contributed by atoms with Gasteiger partial charge in [0.15, 0.2) is 9.84 Å². The van der Waals surface area contributed by atoms with Gasteiger partial charge in [-0.15, -0.1) is 0 Å². The summed E-state index contributed by atoms with van der Waals surface area (Å²) < 4.78 is 22.2. The first-order chi connectivity index (χ1) is 9.18. The van der Waals surface area contributed by atoms with Gasteiger partial charge in [-0.25, -0.2) is 13.2 Å². The van der Waals surface area contributed by atoms with Crippen LogP contribution in [0.2, 0.25) is 0 Å². The Bertz CT molecular complexity index is 539. The van der Waals surface area contributed by atoms with Crippen LogP contribution in [0.4, 0.5) is 4.79 Å². The summed E-state index contributed by atoms with van der Waals surface area (Å²) in [6.45, 7) is 1.58. The molecule has 0 bridgehead atoms. The van der Waals surface area contributed by atoms with Crippen LogP contribution in [-0.4, -0.2) is 43.2 Å². The van der Waals surface area contributed by atoms with Crippen LogP contribution in [0.25, 0.3) is 0 Å². The minimum Gasteiger partial charge on any atom is -0.481 e. The number of carbonyl (C=O) groups excluding carboxylic acids is 2. The van der Waals surface area contributed by atoms with Crippen molar-refractivity contribution in [1.29, 1.82) is 0 Å². The number of hydrogen-bond donors (Lipinski definition) is 3. The number of aliphatic carboxylic acids is 1. The van der Waals surface area contributed by atoms with Gasteiger partial charge in [0.1, 0.15) is 0 Å². The number of nitrogens with one attached hydrogen (secondary N) is 2. The minimum absolute atomic E-state index is 0.0987. The molecule has 112 valence electrons. The molecule has 9 heteroatoms. The zero-order chi connectivity index (χ0) is 15.3. The van der Waals surface area contributed by atoms with Gasteiger partial charge in [0.25, 0.3) is 0 Å². The first kappa shape index (κ1) is 16.2. The number of carboxylic acids is 1. The number of urea groups is 1. The van der Waals surface area contributed by atoms with E-state index < -0.39 is 39.7 Å². The van der Waals surface area contributed by atoms with Crippen molar-refractivity contribution in [3.63, 3.8) is 0 Å². The van der Waals surface area contributed by atoms with Crippen molar-refractivity contribution in [2.45, 2.75) is 25.8 Å². The van der Waals surface area contributed by atoms with Gasteiger partial charge in [0.05, 0.1) is 11.8 Å². The van der Waals surface area contributed by atoms with E-state index in [0.717, 1.165) is 5.41 Å². The molecular weight excluding hydrogens is 288 g/mol. The van der Waals surface area contributed by atoms with Crippen LogP contribution in [0.3, 0.4) is 0 Å². The van der Waals surface area contributed by atoms with Gasteiger partial charge < -0.3 is 10.4 Å². The number of carboxylic acid groups (broad SMARTS) is 1. The lowest BCUT2D eigenvalue weighted by Crippen LogP contribution is -2.45. The molecule has 3 amide bonds. The highest BCUT2D eigenvalue weighted by molar-refractivity contribution is 7.94. The van der Waals surface area contributed by atoms with Gasteiger partial charge in [0, 0.05) is 18.2 Å². The predicted octanol–water partition coefficient (Wildman–Crippen LogP) is -0.376. The summed E-state index contributed by atoms with van der Waals surface area (Å²) in [7, 11) is -3.28. The highest BCUT2D eigenvalue weighted by Crippen LogP contribution is 2.08. The first-order valence-electron chi connectivity index (χ1n) is 5.91. The Morgan fingerprint density at radius 1 is 1.35 bits per heavy atom. The number of rotatable bonds is 5. The van der Waals surface area contributed by atoms with E-state index in [9.17, 15) is 22.8 Å². The first-order valence-corrected chi connectivity index (χ1v) is 7.62. The van der Waals surface area contributed by atoms with Gasteiger partial charge in [-0.05, 0) is 12.0 Å². The molecular formula is C11H16N2O6S. The van der Waals surface area contributed by atoms with Crippen LogP contribution in [0.5, 0.6) is 0 Å². The Morgan fingerprint density at radius 3 is 2.50 bits per heavy atom. The second-order valence-electron chi connectivity index (χ2n) is 4.69. The largest absolute Gasteiger partial charge is 0.481 e. The molecule has 0 spiro atoms. The van der Waals surface area contributed by atoms with Crippen LogP contribution >= 0.6 is 0 Å². The van der Waals surface area contributed by atoms with Gasteiger partial charge in [-0.2, -0.15) is 0 Å². The van der Waals surface area contributed by atoms with E-state index in [4.69, 9.17) is 5.11 Å². The summed E-state index contributed by atoms with van der Waals surface area (Å²) in [4.78, 5) is 33.3. The molecule has 0 aromatic rings. The maximum atomic E-state index is 11.4. The molecule has 20 heavy (non-hydrogen) atoms. The number of carbonyl (C=O) groups is 3. The molecule has 0 saturated heterocycles. The molecule has 3 N–H and O–H groups in total. The van der Waals surface area contributed by atoms with E-state index in [0.29, 0.717) is 0 Å². The molecule has 0 fully saturated rings. The molecule has 1 aliphatic rings. The van der Waals surface area contributed by atoms with Crippen LogP contribution in [0, 0.1) is 5.92 Å². The Morgan fingerprint density at radius 2 is 2.00 bits per heavy atom. The molecule has 8 nitrogen and oxygen atoms in total. The Labute approximate surface area is 116 Å². The smallest absolute Gasteiger partial charge is 0.321 e. The number of hydrogen-bond acceptors (Lipinski definition) is 5. The minimum atomic E-state index is -3.28. The van der Waals surface area contributed by atoms with Gasteiger partial charge in [0.2, 0.25) is 5.91 Å². The zero-order valence-electron chi connectivity index (χ0n) is 10.8. The molecule has 0 saturated carbocycles. The van der Waals surface area contributed by atoms with Crippen molar-refractivity contribution in [3.05, 3.63) is 11.5 Å². The lowest BCUT2D eigenvalue weighted by molar-refractivity contribution is -0.138. The summed E-state index contributed by atoms with van der Waals surface area (Å²) >= 11 is 0. The fourth-order valence-corrected chi connectivity index (χ4v) is 2.97. The Hall–Kier alpha value is -1.90. The van der Waals surface area contributed by atoms with Crippen molar-refractivity contribution in [1.82, 2.24) is 10.6 Å². The van der Waals surface area contributed by atoms with Gasteiger partial charge in [-0.3, -0.25) is 14.9 Å². The topological polar surface area (TPSA) is 130 Å². The number of sulfone groups is 1. The van der Waals surface area contributed by atoms with E-state index in [1.165, 1.54) is 6.08 Å². The predicted molar refractivity (Wildman–Crippen MR) is 69.4 cm³/mol. The molecule has 1 rings (SSSR count). The monoisotopic (exact) mass is 304 g/mol. The summed E-state index contributed by atoms with van der Waals surface area (Å²) in [5, 5.41) is 13.9. The average molecular weight is 304 g/mol. The molecule has 0 aromatic heterocycles. The highest BCUT2D eigenvalue weighted by Gasteiger charge is 2.23. The second-order valence-corrected chi connectivity index (χ2v) is 6.62. The zero-order valence-corrected chi connectivity index (χ0v) is 11.6. The number of amides is 3. The summed E-state index contributed by atoms with van der Waals surface area (Å²) in [6.07, 6.45) is 1.06. The third-order valence-corrected chi connectivity index (χ3v) is 3.95. The normalized spacial score (nSPS) is 21.1. The fourth-order valence-electron chi connectivity index (χ4n) is 1.73. The Balaban J connectivity index is 2.34. The highest BCUT2D eigenvalue weighted by atomic mass is 32.2. The summed E-state index contributed by atoms with van der Waals surface area (Å²) in [6, 6.07) is -1.46. The van der Waals surface area contributed by atoms with Crippen LogP contribution in [-0.2, 0) is 19.4 Å². The summed E-state index contributed by atoms with van der Waals surface area (Å²) in [5.41, 5.74) is 0. The molecule has 0 aliphatic carbocycles. The number of imide groups is 1. The third kappa shape index (κ3) is 5.83. The third-order valence-electron chi connectivity index (χ3n) is 2.56. The molecule has 0 radical (unpaired) electrons. The standard InChI is InChI=1S/C11H16N2O6S/c1-7(5-10(15)16)4-9(14)13-11(17)12-8-2-3-20(18,19)6-8/h2-3,7-8H,4-6H2,1H3,(H,15,16)(H2,12,13,14,17). The van der Waals surface area contributed by atoms with E-state index in [1.807, 2.05) is 5.32 Å². The van der Waals surface area contributed by atoms with E-state index in [-0.39, 0.29) is 18.6 Å². The maximum absolute atomic E-state index is 11.4. The van der Waals surface area contributed by atoms with Crippen molar-refractivity contribution in [3.8, 4) is 0 Å². The Kier molecular flexibility index (Phi) is 5.26. The van der Waals surface area contributed by atoms with Gasteiger partial charge >= 0.3 is 12.0 Å². The quantitative estimate of drug-likeness (QED) is 0.635. The lowest BCUT2D eigenvalue weighted by atomic mass is 10.0. The van der Waals surface area contributed by atoms with Crippen molar-refractivity contribution < 1.29 is 27.9 Å². The van der Waals surface area contributed by atoms with Crippen LogP contribution in [0.15, 0.2) is 11.5 Å². The van der Waals surface area contributed by atoms with E-state index in [2.05, 4.69) is 5.32 Å². The van der Waals surface area contributed by atoms with E-state index in [1.54, 1.807) is 6.92 Å². The SMILES string of the molecule is CC(CC(=O)O)CC(=O)NC(=O)NC1C=CS(=O)(=O)C1.